The summed E-state index contributed by atoms with van der Waals surface area (Å²) in [7, 11) is 0. The molecule has 19 heavy (non-hydrogen) atoms. The lowest BCUT2D eigenvalue weighted by molar-refractivity contribution is -0.137. The first kappa shape index (κ1) is 13.6. The zero-order valence-corrected chi connectivity index (χ0v) is 10.5. The van der Waals surface area contributed by atoms with Gasteiger partial charge in [-0.1, -0.05) is 0 Å². The van der Waals surface area contributed by atoms with Crippen molar-refractivity contribution >= 4 is 0 Å². The molecule has 0 aliphatic carbocycles. The van der Waals surface area contributed by atoms with E-state index in [4.69, 9.17) is 0 Å². The van der Waals surface area contributed by atoms with Gasteiger partial charge in [0, 0.05) is 30.3 Å². The molecule has 6 heteroatoms. The number of alkyl halides is 3. The Hall–Kier alpha value is -1.85. The molecule has 0 amide bonds. The lowest BCUT2D eigenvalue weighted by Gasteiger charge is -2.10. The third-order valence-electron chi connectivity index (χ3n) is 2.74. The van der Waals surface area contributed by atoms with Crippen LogP contribution in [-0.2, 0) is 19.1 Å². The summed E-state index contributed by atoms with van der Waals surface area (Å²) in [5, 5.41) is 0. The van der Waals surface area contributed by atoms with E-state index in [0.29, 0.717) is 17.8 Å². The van der Waals surface area contributed by atoms with Crippen molar-refractivity contribution in [3.63, 3.8) is 0 Å². The molecule has 0 aliphatic heterocycles. The molecule has 0 saturated carbocycles. The van der Waals surface area contributed by atoms with E-state index < -0.39 is 11.7 Å². The lowest BCUT2D eigenvalue weighted by Crippen LogP contribution is -2.08. The molecule has 0 radical (unpaired) electrons. The molecule has 0 saturated heterocycles. The quantitative estimate of drug-likeness (QED) is 0.853. The van der Waals surface area contributed by atoms with E-state index in [1.54, 1.807) is 19.4 Å². The van der Waals surface area contributed by atoms with Crippen LogP contribution in [-0.4, -0.2) is 14.5 Å². The Balaban J connectivity index is 2.02. The maximum Gasteiger partial charge on any atom is 0.416 e. The molecular weight excluding hydrogens is 255 g/mol. The Morgan fingerprint density at radius 3 is 2.68 bits per heavy atom. The van der Waals surface area contributed by atoms with E-state index in [-0.39, 0.29) is 0 Å². The number of imidazole rings is 1. The van der Waals surface area contributed by atoms with Gasteiger partial charge in [0.15, 0.2) is 0 Å². The van der Waals surface area contributed by atoms with Crippen LogP contribution in [0.4, 0.5) is 13.2 Å². The van der Waals surface area contributed by atoms with Crippen LogP contribution in [0, 0.1) is 6.92 Å². The van der Waals surface area contributed by atoms with E-state index in [0.717, 1.165) is 25.1 Å². The van der Waals surface area contributed by atoms with Gasteiger partial charge in [-0.25, -0.2) is 4.98 Å². The van der Waals surface area contributed by atoms with Gasteiger partial charge >= 0.3 is 6.18 Å². The van der Waals surface area contributed by atoms with Crippen LogP contribution in [0.2, 0.25) is 0 Å². The number of aromatic nitrogens is 3. The Kier molecular flexibility index (Phi) is 3.87. The Morgan fingerprint density at radius 1 is 1.26 bits per heavy atom. The second kappa shape index (κ2) is 5.42. The largest absolute Gasteiger partial charge is 0.416 e. The van der Waals surface area contributed by atoms with Crippen LogP contribution in [0.1, 0.15) is 23.4 Å². The number of nitrogens with zero attached hydrogens (tertiary/aromatic N) is 3. The van der Waals surface area contributed by atoms with E-state index in [9.17, 15) is 13.2 Å². The van der Waals surface area contributed by atoms with Crippen LogP contribution < -0.4 is 0 Å². The molecule has 0 fully saturated rings. The summed E-state index contributed by atoms with van der Waals surface area (Å²) in [6, 6.07) is 2.19. The highest BCUT2D eigenvalue weighted by molar-refractivity contribution is 5.23. The monoisotopic (exact) mass is 269 g/mol. The van der Waals surface area contributed by atoms with Crippen LogP contribution in [0.3, 0.4) is 0 Å². The Bertz CT molecular complexity index is 533. The summed E-state index contributed by atoms with van der Waals surface area (Å²) in [5.74, 6) is 0. The first-order valence-corrected chi connectivity index (χ1v) is 5.95. The first-order chi connectivity index (χ1) is 8.95. The van der Waals surface area contributed by atoms with Crippen molar-refractivity contribution in [3.8, 4) is 0 Å². The minimum absolute atomic E-state index is 0.396. The van der Waals surface area contributed by atoms with Gasteiger partial charge in [-0.2, -0.15) is 13.2 Å². The fourth-order valence-corrected chi connectivity index (χ4v) is 1.89. The first-order valence-electron chi connectivity index (χ1n) is 5.95. The maximum absolute atomic E-state index is 12.7. The summed E-state index contributed by atoms with van der Waals surface area (Å²) in [5.41, 5.74) is 0.248. The predicted octanol–water partition coefficient (Wildman–Crippen LogP) is 3.24. The molecule has 0 atom stereocenters. The fraction of sp³-hybridized carbons (Fsp3) is 0.385. The fourth-order valence-electron chi connectivity index (χ4n) is 1.89. The maximum atomic E-state index is 12.7. The van der Waals surface area contributed by atoms with Gasteiger partial charge in [-0.3, -0.25) is 4.98 Å². The van der Waals surface area contributed by atoms with Crippen molar-refractivity contribution in [2.75, 3.05) is 0 Å². The number of hydrogen-bond acceptors (Lipinski definition) is 2. The zero-order chi connectivity index (χ0) is 13.9. The predicted molar refractivity (Wildman–Crippen MR) is 64.5 cm³/mol. The second-order valence-corrected chi connectivity index (χ2v) is 4.39. The van der Waals surface area contributed by atoms with Crippen LogP contribution in [0.25, 0.3) is 0 Å². The molecule has 0 spiro atoms. The van der Waals surface area contributed by atoms with Crippen molar-refractivity contribution in [2.45, 2.75) is 32.5 Å². The molecule has 2 rings (SSSR count). The number of rotatable bonds is 4. The number of hydrogen-bond donors (Lipinski definition) is 0. The Labute approximate surface area is 109 Å². The smallest absolute Gasteiger partial charge is 0.337 e. The van der Waals surface area contributed by atoms with Crippen molar-refractivity contribution in [3.05, 3.63) is 47.8 Å². The SMILES string of the molecule is Cc1cc(C(F)(F)F)cc(CCCn2ccnc2)n1. The molecule has 0 aliphatic rings. The van der Waals surface area contributed by atoms with Gasteiger partial charge in [0.05, 0.1) is 11.9 Å². The standard InChI is InChI=1S/C13H14F3N3/c1-10-7-11(13(14,15)16)8-12(18-10)3-2-5-19-6-4-17-9-19/h4,6-9H,2-3,5H2,1H3. The van der Waals surface area contributed by atoms with Gasteiger partial charge < -0.3 is 4.57 Å². The van der Waals surface area contributed by atoms with Gasteiger partial charge in [-0.15, -0.1) is 0 Å². The van der Waals surface area contributed by atoms with Crippen molar-refractivity contribution in [2.24, 2.45) is 0 Å². The average molecular weight is 269 g/mol. The van der Waals surface area contributed by atoms with Gasteiger partial charge in [-0.05, 0) is 31.9 Å². The molecular formula is C13H14F3N3. The minimum Gasteiger partial charge on any atom is -0.337 e. The topological polar surface area (TPSA) is 30.7 Å². The summed E-state index contributed by atoms with van der Waals surface area (Å²) in [4.78, 5) is 8.05. The van der Waals surface area contributed by atoms with Gasteiger partial charge in [0.2, 0.25) is 0 Å². The number of pyridine rings is 1. The minimum atomic E-state index is -4.31. The molecule has 0 N–H and O–H groups in total. The van der Waals surface area contributed by atoms with Crippen molar-refractivity contribution in [1.29, 1.82) is 0 Å². The summed E-state index contributed by atoms with van der Waals surface area (Å²) in [6.45, 7) is 2.30. The van der Waals surface area contributed by atoms with Crippen molar-refractivity contribution in [1.82, 2.24) is 14.5 Å². The summed E-state index contributed by atoms with van der Waals surface area (Å²) >= 11 is 0. The number of halogens is 3. The zero-order valence-electron chi connectivity index (χ0n) is 10.5. The third-order valence-corrected chi connectivity index (χ3v) is 2.74. The number of aryl methyl sites for hydroxylation is 3. The highest BCUT2D eigenvalue weighted by atomic mass is 19.4. The van der Waals surface area contributed by atoms with Gasteiger partial charge in [0.1, 0.15) is 0 Å². The molecule has 2 heterocycles. The molecule has 0 aromatic carbocycles. The van der Waals surface area contributed by atoms with Crippen LogP contribution >= 0.6 is 0 Å². The average Bonchev–Trinajstić information content (AvgIpc) is 2.80. The molecule has 102 valence electrons. The molecule has 0 bridgehead atoms. The molecule has 0 unspecified atom stereocenters. The van der Waals surface area contributed by atoms with Crippen LogP contribution in [0.15, 0.2) is 30.9 Å². The van der Waals surface area contributed by atoms with Gasteiger partial charge in [0.25, 0.3) is 0 Å². The van der Waals surface area contributed by atoms with E-state index in [1.165, 1.54) is 0 Å². The highest BCUT2D eigenvalue weighted by Gasteiger charge is 2.31. The molecule has 3 nitrogen and oxygen atoms in total. The molecule has 2 aromatic rings. The Morgan fingerprint density at radius 2 is 2.05 bits per heavy atom. The normalized spacial score (nSPS) is 11.8. The molecule has 2 aromatic heterocycles. The van der Waals surface area contributed by atoms with Crippen LogP contribution in [0.5, 0.6) is 0 Å². The van der Waals surface area contributed by atoms with E-state index in [2.05, 4.69) is 9.97 Å². The lowest BCUT2D eigenvalue weighted by atomic mass is 10.1. The third kappa shape index (κ3) is 3.81. The highest BCUT2D eigenvalue weighted by Crippen LogP contribution is 2.30. The summed E-state index contributed by atoms with van der Waals surface area (Å²) < 4.78 is 39.8. The summed E-state index contributed by atoms with van der Waals surface area (Å²) in [6.07, 6.45) is 2.11. The van der Waals surface area contributed by atoms with Crippen molar-refractivity contribution < 1.29 is 13.2 Å². The van der Waals surface area contributed by atoms with E-state index >= 15 is 0 Å². The second-order valence-electron chi connectivity index (χ2n) is 4.39. The van der Waals surface area contributed by atoms with E-state index in [1.807, 2.05) is 10.8 Å².